The van der Waals surface area contributed by atoms with E-state index in [9.17, 15) is 10.1 Å². The number of pyridine rings is 1. The minimum atomic E-state index is -0.444. The Hall–Kier alpha value is -1.17. The van der Waals surface area contributed by atoms with Crippen LogP contribution in [0.4, 0.5) is 11.5 Å². The van der Waals surface area contributed by atoms with Crippen LogP contribution in [-0.4, -0.2) is 16.5 Å². The molecule has 21 heavy (non-hydrogen) atoms. The second kappa shape index (κ2) is 10.5. The molecule has 6 heteroatoms. The average Bonchev–Trinajstić information content (AvgIpc) is 2.46. The minimum absolute atomic E-state index is 0.000459. The Labute approximate surface area is 134 Å². The number of rotatable bonds is 11. The van der Waals surface area contributed by atoms with E-state index in [-0.39, 0.29) is 5.69 Å². The number of anilines is 1. The van der Waals surface area contributed by atoms with Crippen LogP contribution in [0.15, 0.2) is 16.7 Å². The summed E-state index contributed by atoms with van der Waals surface area (Å²) in [4.78, 5) is 14.2. The van der Waals surface area contributed by atoms with Gasteiger partial charge in [0.25, 0.3) is 5.69 Å². The Morgan fingerprint density at radius 3 is 2.38 bits per heavy atom. The van der Waals surface area contributed by atoms with Crippen LogP contribution in [0.1, 0.15) is 58.3 Å². The third kappa shape index (κ3) is 7.41. The summed E-state index contributed by atoms with van der Waals surface area (Å²) >= 11 is 3.30. The van der Waals surface area contributed by atoms with E-state index >= 15 is 0 Å². The van der Waals surface area contributed by atoms with E-state index < -0.39 is 4.92 Å². The lowest BCUT2D eigenvalue weighted by atomic mass is 10.1. The van der Waals surface area contributed by atoms with Crippen molar-refractivity contribution in [3.63, 3.8) is 0 Å². The Morgan fingerprint density at radius 2 is 1.81 bits per heavy atom. The van der Waals surface area contributed by atoms with Gasteiger partial charge >= 0.3 is 0 Å². The first kappa shape index (κ1) is 17.9. The zero-order valence-electron chi connectivity index (χ0n) is 12.6. The lowest BCUT2D eigenvalue weighted by Crippen LogP contribution is -2.04. The molecule has 0 fully saturated rings. The molecular formula is C15H24BrN3O2. The smallest absolute Gasteiger partial charge is 0.288 e. The lowest BCUT2D eigenvalue weighted by Gasteiger charge is -2.07. The molecule has 0 aromatic carbocycles. The molecule has 0 bridgehead atoms. The van der Waals surface area contributed by atoms with Crippen molar-refractivity contribution < 1.29 is 4.92 Å². The molecule has 0 aliphatic rings. The molecule has 1 heterocycles. The van der Waals surface area contributed by atoms with Gasteiger partial charge in [-0.25, -0.2) is 4.98 Å². The van der Waals surface area contributed by atoms with Crippen LogP contribution < -0.4 is 5.32 Å². The van der Waals surface area contributed by atoms with Gasteiger partial charge in [-0.15, -0.1) is 0 Å². The Bertz CT molecular complexity index is 441. The fraction of sp³-hybridized carbons (Fsp3) is 0.667. The largest absolute Gasteiger partial charge is 0.369 e. The van der Waals surface area contributed by atoms with Crippen LogP contribution in [0.5, 0.6) is 0 Å². The molecule has 0 aliphatic heterocycles. The summed E-state index contributed by atoms with van der Waals surface area (Å²) in [5.74, 6) is 0.670. The Balaban J connectivity index is 2.14. The fourth-order valence-electron chi connectivity index (χ4n) is 2.12. The minimum Gasteiger partial charge on any atom is -0.369 e. The van der Waals surface area contributed by atoms with Gasteiger partial charge in [-0.05, 0) is 22.4 Å². The van der Waals surface area contributed by atoms with Crippen molar-refractivity contribution in [2.45, 2.75) is 58.3 Å². The van der Waals surface area contributed by atoms with Gasteiger partial charge in [-0.1, -0.05) is 51.9 Å². The summed E-state index contributed by atoms with van der Waals surface area (Å²) in [7, 11) is 0. The van der Waals surface area contributed by atoms with Crippen LogP contribution in [0.3, 0.4) is 0 Å². The first-order valence-corrected chi connectivity index (χ1v) is 8.48. The van der Waals surface area contributed by atoms with Crippen molar-refractivity contribution in [1.82, 2.24) is 4.98 Å². The van der Waals surface area contributed by atoms with Crippen molar-refractivity contribution in [2.75, 3.05) is 11.9 Å². The molecule has 0 amide bonds. The molecule has 118 valence electrons. The van der Waals surface area contributed by atoms with Crippen LogP contribution >= 0.6 is 15.9 Å². The molecule has 1 aromatic rings. The number of nitro groups is 1. The number of unbranched alkanes of at least 4 members (excludes halogenated alkanes) is 7. The molecule has 0 aliphatic carbocycles. The highest BCUT2D eigenvalue weighted by Crippen LogP contribution is 2.24. The maximum Gasteiger partial charge on any atom is 0.288 e. The predicted octanol–water partition coefficient (Wildman–Crippen LogP) is 5.30. The van der Waals surface area contributed by atoms with Crippen molar-refractivity contribution >= 4 is 27.4 Å². The predicted molar refractivity (Wildman–Crippen MR) is 89.7 cm³/mol. The van der Waals surface area contributed by atoms with Crippen LogP contribution in [0.25, 0.3) is 0 Å². The van der Waals surface area contributed by atoms with Crippen molar-refractivity contribution in [1.29, 1.82) is 0 Å². The molecule has 1 aromatic heterocycles. The molecular weight excluding hydrogens is 334 g/mol. The number of nitrogens with one attached hydrogen (secondary N) is 1. The third-order valence-corrected chi connectivity index (χ3v) is 3.96. The fourth-order valence-corrected chi connectivity index (χ4v) is 2.60. The van der Waals surface area contributed by atoms with Crippen LogP contribution in [0, 0.1) is 10.1 Å². The van der Waals surface area contributed by atoms with Crippen molar-refractivity contribution in [2.24, 2.45) is 0 Å². The van der Waals surface area contributed by atoms with Gasteiger partial charge in [0.1, 0.15) is 12.0 Å². The van der Waals surface area contributed by atoms with Crippen LogP contribution in [0.2, 0.25) is 0 Å². The summed E-state index contributed by atoms with van der Waals surface area (Å²) in [6.07, 6.45) is 11.5. The summed E-state index contributed by atoms with van der Waals surface area (Å²) in [5, 5.41) is 13.8. The molecule has 0 unspecified atom stereocenters. The number of halogens is 1. The zero-order valence-corrected chi connectivity index (χ0v) is 14.2. The quantitative estimate of drug-likeness (QED) is 0.331. The summed E-state index contributed by atoms with van der Waals surface area (Å²) < 4.78 is 0.635. The normalized spacial score (nSPS) is 10.6. The molecule has 0 saturated carbocycles. The number of nitrogens with zero attached hydrogens (tertiary/aromatic N) is 2. The SMILES string of the molecule is CCCCCCCCCCNc1ncc([N+](=O)[O-])cc1Br. The second-order valence-corrected chi connectivity index (χ2v) is 6.04. The standard InChI is InChI=1S/C15H24BrN3O2/c1-2-3-4-5-6-7-8-9-10-17-15-14(16)11-13(12-18-15)19(20)21/h11-12H,2-10H2,1H3,(H,17,18). The van der Waals surface area contributed by atoms with Gasteiger partial charge in [0.05, 0.1) is 9.40 Å². The lowest BCUT2D eigenvalue weighted by molar-refractivity contribution is -0.385. The molecule has 1 N–H and O–H groups in total. The molecule has 0 atom stereocenters. The first-order chi connectivity index (χ1) is 10.1. The van der Waals surface area contributed by atoms with Gasteiger partial charge < -0.3 is 5.32 Å². The summed E-state index contributed by atoms with van der Waals surface area (Å²) in [5.41, 5.74) is -0.000459. The number of hydrogen-bond donors (Lipinski definition) is 1. The molecule has 1 rings (SSSR count). The molecule has 0 radical (unpaired) electrons. The van der Waals surface area contributed by atoms with E-state index in [4.69, 9.17) is 0 Å². The van der Waals surface area contributed by atoms with E-state index in [0.717, 1.165) is 13.0 Å². The topological polar surface area (TPSA) is 68.1 Å². The second-order valence-electron chi connectivity index (χ2n) is 5.18. The number of aromatic nitrogens is 1. The first-order valence-electron chi connectivity index (χ1n) is 7.69. The molecule has 0 spiro atoms. The van der Waals surface area contributed by atoms with Gasteiger partial charge in [-0.2, -0.15) is 0 Å². The van der Waals surface area contributed by atoms with E-state index in [1.807, 2.05) is 0 Å². The van der Waals surface area contributed by atoms with Gasteiger partial charge in [0.15, 0.2) is 0 Å². The van der Waals surface area contributed by atoms with Gasteiger partial charge in [0.2, 0.25) is 0 Å². The highest BCUT2D eigenvalue weighted by Gasteiger charge is 2.09. The van der Waals surface area contributed by atoms with E-state index in [1.165, 1.54) is 57.2 Å². The van der Waals surface area contributed by atoms with E-state index in [1.54, 1.807) is 0 Å². The summed E-state index contributed by atoms with van der Waals surface area (Å²) in [6.45, 7) is 3.08. The average molecular weight is 358 g/mol. The van der Waals surface area contributed by atoms with Crippen molar-refractivity contribution in [3.05, 3.63) is 26.9 Å². The maximum atomic E-state index is 10.6. The molecule has 5 nitrogen and oxygen atoms in total. The third-order valence-electron chi connectivity index (χ3n) is 3.36. The van der Waals surface area contributed by atoms with Gasteiger partial charge in [-0.3, -0.25) is 10.1 Å². The van der Waals surface area contributed by atoms with E-state index in [2.05, 4.69) is 33.2 Å². The summed E-state index contributed by atoms with van der Waals surface area (Å²) in [6, 6.07) is 1.48. The monoisotopic (exact) mass is 357 g/mol. The highest BCUT2D eigenvalue weighted by atomic mass is 79.9. The molecule has 0 saturated heterocycles. The van der Waals surface area contributed by atoms with E-state index in [0.29, 0.717) is 10.3 Å². The number of hydrogen-bond acceptors (Lipinski definition) is 4. The van der Waals surface area contributed by atoms with Crippen LogP contribution in [-0.2, 0) is 0 Å². The van der Waals surface area contributed by atoms with Gasteiger partial charge in [0, 0.05) is 12.6 Å². The highest BCUT2D eigenvalue weighted by molar-refractivity contribution is 9.10. The maximum absolute atomic E-state index is 10.6. The Kier molecular flexibility index (Phi) is 8.98. The zero-order chi connectivity index (χ0) is 15.5. The van der Waals surface area contributed by atoms with Crippen molar-refractivity contribution in [3.8, 4) is 0 Å². The Morgan fingerprint density at radius 1 is 1.19 bits per heavy atom.